The predicted octanol–water partition coefficient (Wildman–Crippen LogP) is 3.85. The molecule has 1 aliphatic rings. The van der Waals surface area contributed by atoms with E-state index in [0.717, 1.165) is 12.8 Å². The molecule has 1 atom stereocenters. The lowest BCUT2D eigenvalue weighted by Crippen LogP contribution is -2.32. The zero-order chi connectivity index (χ0) is 14.7. The van der Waals surface area contributed by atoms with Crippen LogP contribution in [0.5, 0.6) is 0 Å². The van der Waals surface area contributed by atoms with Crippen LogP contribution in [-0.2, 0) is 0 Å². The third kappa shape index (κ3) is 3.41. The molecule has 2 aromatic rings. The van der Waals surface area contributed by atoms with Gasteiger partial charge in [-0.1, -0.05) is 30.5 Å². The Morgan fingerprint density at radius 3 is 2.86 bits per heavy atom. The topological polar surface area (TPSA) is 54.9 Å². The van der Waals surface area contributed by atoms with E-state index in [-0.39, 0.29) is 22.8 Å². The second-order valence-electron chi connectivity index (χ2n) is 5.24. The number of hydrogen-bond acceptors (Lipinski definition) is 4. The molecule has 1 saturated carbocycles. The van der Waals surface area contributed by atoms with Gasteiger partial charge in [0.2, 0.25) is 0 Å². The minimum Gasteiger partial charge on any atom is -0.343 e. The van der Waals surface area contributed by atoms with Gasteiger partial charge >= 0.3 is 0 Å². The highest BCUT2D eigenvalue weighted by atomic mass is 35.5. The molecule has 1 aliphatic carbocycles. The highest BCUT2D eigenvalue weighted by Crippen LogP contribution is 2.37. The number of aromatic nitrogens is 2. The van der Waals surface area contributed by atoms with Gasteiger partial charge in [0.1, 0.15) is 10.8 Å². The predicted molar refractivity (Wildman–Crippen MR) is 83.5 cm³/mol. The summed E-state index contributed by atoms with van der Waals surface area (Å²) in [5, 5.41) is 5.39. The second-order valence-corrected chi connectivity index (χ2v) is 6.60. The van der Waals surface area contributed by atoms with E-state index < -0.39 is 0 Å². The summed E-state index contributed by atoms with van der Waals surface area (Å²) in [6.07, 6.45) is 7.65. The average Bonchev–Trinajstić information content (AvgIpc) is 3.18. The van der Waals surface area contributed by atoms with Gasteiger partial charge < -0.3 is 5.32 Å². The lowest BCUT2D eigenvalue weighted by atomic mass is 9.96. The highest BCUT2D eigenvalue weighted by Gasteiger charge is 2.29. The molecule has 0 aliphatic heterocycles. The van der Waals surface area contributed by atoms with Crippen molar-refractivity contribution in [2.24, 2.45) is 5.92 Å². The Morgan fingerprint density at radius 1 is 1.38 bits per heavy atom. The van der Waals surface area contributed by atoms with E-state index >= 15 is 0 Å². The summed E-state index contributed by atoms with van der Waals surface area (Å²) >= 11 is 7.48. The fraction of sp³-hybridized carbons (Fsp3) is 0.400. The minimum absolute atomic E-state index is 0.0563. The Labute approximate surface area is 132 Å². The maximum Gasteiger partial charge on any atom is 0.272 e. The summed E-state index contributed by atoms with van der Waals surface area (Å²) in [6.45, 7) is 0. The van der Waals surface area contributed by atoms with Crippen LogP contribution >= 0.6 is 22.9 Å². The SMILES string of the molecule is O=C(NC(c1cccs1)C1CCCC1)c1cncc(Cl)n1. The van der Waals surface area contributed by atoms with Gasteiger partial charge in [-0.05, 0) is 30.2 Å². The molecule has 0 spiro atoms. The molecule has 0 radical (unpaired) electrons. The standard InChI is InChI=1S/C15H16ClN3OS/c16-13-9-17-8-11(18-13)15(20)19-14(10-4-1-2-5-10)12-6-3-7-21-12/h3,6-10,14H,1-2,4-5H2,(H,19,20). The quantitative estimate of drug-likeness (QED) is 0.930. The maximum atomic E-state index is 12.4. The molecule has 0 aromatic carbocycles. The summed E-state index contributed by atoms with van der Waals surface area (Å²) in [7, 11) is 0. The number of carbonyl (C=O) groups excluding carboxylic acids is 1. The van der Waals surface area contributed by atoms with E-state index in [1.165, 1.54) is 30.1 Å². The van der Waals surface area contributed by atoms with Crippen molar-refractivity contribution in [1.82, 2.24) is 15.3 Å². The molecule has 0 saturated heterocycles. The molecule has 1 fully saturated rings. The molecule has 4 nitrogen and oxygen atoms in total. The van der Waals surface area contributed by atoms with Crippen LogP contribution in [0, 0.1) is 5.92 Å². The summed E-state index contributed by atoms with van der Waals surface area (Å²) < 4.78 is 0. The largest absolute Gasteiger partial charge is 0.343 e. The number of nitrogens with zero attached hydrogens (tertiary/aromatic N) is 2. The minimum atomic E-state index is -0.213. The Balaban J connectivity index is 1.79. The molecular formula is C15H16ClN3OS. The van der Waals surface area contributed by atoms with E-state index in [1.807, 2.05) is 11.4 Å². The Kier molecular flexibility index (Phi) is 4.51. The summed E-state index contributed by atoms with van der Waals surface area (Å²) in [4.78, 5) is 21.5. The molecule has 1 amide bonds. The number of nitrogens with one attached hydrogen (secondary N) is 1. The number of thiophene rings is 1. The van der Waals surface area contributed by atoms with Gasteiger partial charge in [-0.2, -0.15) is 0 Å². The van der Waals surface area contributed by atoms with E-state index in [2.05, 4.69) is 21.4 Å². The van der Waals surface area contributed by atoms with E-state index in [4.69, 9.17) is 11.6 Å². The van der Waals surface area contributed by atoms with Gasteiger partial charge in [0.05, 0.1) is 18.4 Å². The summed E-state index contributed by atoms with van der Waals surface area (Å²) in [6, 6.07) is 4.16. The number of carbonyl (C=O) groups is 1. The van der Waals surface area contributed by atoms with Crippen LogP contribution in [0.2, 0.25) is 5.15 Å². The number of halogens is 1. The first-order valence-corrected chi connectivity index (χ1v) is 8.31. The highest BCUT2D eigenvalue weighted by molar-refractivity contribution is 7.10. The van der Waals surface area contributed by atoms with Crippen LogP contribution in [0.4, 0.5) is 0 Å². The second kappa shape index (κ2) is 6.54. The van der Waals surface area contributed by atoms with Gasteiger partial charge in [-0.15, -0.1) is 11.3 Å². The summed E-state index contributed by atoms with van der Waals surface area (Å²) in [5.41, 5.74) is 0.266. The van der Waals surface area contributed by atoms with Crippen LogP contribution in [0.1, 0.15) is 47.1 Å². The van der Waals surface area contributed by atoms with Crippen molar-refractivity contribution in [1.29, 1.82) is 0 Å². The average molecular weight is 322 g/mol. The van der Waals surface area contributed by atoms with Crippen molar-refractivity contribution < 1.29 is 4.79 Å². The van der Waals surface area contributed by atoms with Crippen LogP contribution in [0.25, 0.3) is 0 Å². The number of hydrogen-bond donors (Lipinski definition) is 1. The van der Waals surface area contributed by atoms with Gasteiger partial charge in [0.15, 0.2) is 0 Å². The van der Waals surface area contributed by atoms with Crippen molar-refractivity contribution in [3.05, 3.63) is 45.6 Å². The molecule has 2 heterocycles. The molecule has 1 unspecified atom stereocenters. The Morgan fingerprint density at radius 2 is 2.19 bits per heavy atom. The van der Waals surface area contributed by atoms with E-state index in [0.29, 0.717) is 5.92 Å². The smallest absolute Gasteiger partial charge is 0.272 e. The van der Waals surface area contributed by atoms with Crippen molar-refractivity contribution in [2.75, 3.05) is 0 Å². The molecule has 2 aromatic heterocycles. The van der Waals surface area contributed by atoms with E-state index in [1.54, 1.807) is 11.3 Å². The Bertz CT molecular complexity index is 611. The first-order valence-electron chi connectivity index (χ1n) is 7.06. The van der Waals surface area contributed by atoms with Crippen LogP contribution < -0.4 is 5.32 Å². The lowest BCUT2D eigenvalue weighted by molar-refractivity contribution is 0.0917. The first-order chi connectivity index (χ1) is 10.2. The van der Waals surface area contributed by atoms with Crippen LogP contribution in [-0.4, -0.2) is 15.9 Å². The van der Waals surface area contributed by atoms with Gasteiger partial charge in [0, 0.05) is 4.88 Å². The molecule has 21 heavy (non-hydrogen) atoms. The fourth-order valence-corrected chi connectivity index (χ4v) is 3.86. The van der Waals surface area contributed by atoms with Crippen molar-refractivity contribution in [3.63, 3.8) is 0 Å². The fourth-order valence-electron chi connectivity index (χ4n) is 2.85. The summed E-state index contributed by atoms with van der Waals surface area (Å²) in [5.74, 6) is 0.287. The molecule has 1 N–H and O–H groups in total. The third-order valence-corrected chi connectivity index (χ3v) is 4.98. The monoisotopic (exact) mass is 321 g/mol. The molecule has 3 rings (SSSR count). The van der Waals surface area contributed by atoms with Crippen molar-refractivity contribution in [2.45, 2.75) is 31.7 Å². The van der Waals surface area contributed by atoms with Gasteiger partial charge in [-0.3, -0.25) is 9.78 Å². The zero-order valence-electron chi connectivity index (χ0n) is 11.5. The Hall–Kier alpha value is -1.46. The zero-order valence-corrected chi connectivity index (χ0v) is 13.0. The maximum absolute atomic E-state index is 12.4. The lowest BCUT2D eigenvalue weighted by Gasteiger charge is -2.23. The number of rotatable bonds is 4. The number of amides is 1. The molecule has 110 valence electrons. The molecular weight excluding hydrogens is 306 g/mol. The molecule has 0 bridgehead atoms. The van der Waals surface area contributed by atoms with Gasteiger partial charge in [0.25, 0.3) is 5.91 Å². The molecule has 6 heteroatoms. The van der Waals surface area contributed by atoms with E-state index in [9.17, 15) is 4.79 Å². The first kappa shape index (κ1) is 14.5. The van der Waals surface area contributed by atoms with Gasteiger partial charge in [-0.25, -0.2) is 4.98 Å². The third-order valence-electron chi connectivity index (χ3n) is 3.85. The van der Waals surface area contributed by atoms with Crippen molar-refractivity contribution in [3.8, 4) is 0 Å². The normalized spacial score (nSPS) is 16.8. The van der Waals surface area contributed by atoms with Crippen LogP contribution in [0.3, 0.4) is 0 Å². The van der Waals surface area contributed by atoms with Crippen molar-refractivity contribution >= 4 is 28.8 Å². The van der Waals surface area contributed by atoms with Crippen LogP contribution in [0.15, 0.2) is 29.9 Å².